The van der Waals surface area contributed by atoms with Crippen LogP contribution in [0.25, 0.3) is 0 Å². The van der Waals surface area contributed by atoms with Crippen LogP contribution < -0.4 is 5.32 Å². The molecule has 3 heteroatoms. The Balaban J connectivity index is 1.97. The molecule has 0 spiro atoms. The Bertz CT molecular complexity index is 338. The van der Waals surface area contributed by atoms with Gasteiger partial charge in [0, 0.05) is 12.1 Å². The van der Waals surface area contributed by atoms with E-state index in [0.29, 0.717) is 0 Å². The van der Waals surface area contributed by atoms with Crippen LogP contribution in [-0.4, -0.2) is 17.3 Å². The molecule has 2 N–H and O–H groups in total. The lowest BCUT2D eigenvalue weighted by atomic mass is 10.1. The molecule has 2 nitrogen and oxygen atoms in total. The minimum Gasteiger partial charge on any atom is -0.392 e. The number of benzene rings is 1. The summed E-state index contributed by atoms with van der Waals surface area (Å²) in [5.74, 6) is -0.211. The molecule has 0 aromatic heterocycles. The number of hydrogen-bond donors (Lipinski definition) is 2. The second-order valence-electron chi connectivity index (χ2n) is 4.54. The Morgan fingerprint density at radius 3 is 2.56 bits per heavy atom. The summed E-state index contributed by atoms with van der Waals surface area (Å²) in [5, 5.41) is 13.1. The summed E-state index contributed by atoms with van der Waals surface area (Å²) in [6.45, 7) is 2.04. The Morgan fingerprint density at radius 1 is 1.31 bits per heavy atom. The van der Waals surface area contributed by atoms with E-state index in [0.717, 1.165) is 24.8 Å². The van der Waals surface area contributed by atoms with Gasteiger partial charge < -0.3 is 10.4 Å². The Morgan fingerprint density at radius 2 is 2.00 bits per heavy atom. The minimum atomic E-state index is -0.233. The number of aliphatic hydroxyl groups is 1. The molecule has 16 heavy (non-hydrogen) atoms. The van der Waals surface area contributed by atoms with Crippen LogP contribution in [-0.2, 0) is 0 Å². The molecule has 1 aliphatic rings. The van der Waals surface area contributed by atoms with Crippen molar-refractivity contribution >= 4 is 0 Å². The summed E-state index contributed by atoms with van der Waals surface area (Å²) in [4.78, 5) is 0. The van der Waals surface area contributed by atoms with Gasteiger partial charge in [0.25, 0.3) is 0 Å². The quantitative estimate of drug-likeness (QED) is 0.824. The molecule has 0 radical (unpaired) electrons. The van der Waals surface area contributed by atoms with Crippen molar-refractivity contribution in [2.75, 3.05) is 0 Å². The van der Waals surface area contributed by atoms with Crippen LogP contribution in [0.4, 0.5) is 4.39 Å². The van der Waals surface area contributed by atoms with Gasteiger partial charge in [-0.05, 0) is 43.9 Å². The fourth-order valence-electron chi connectivity index (χ4n) is 2.30. The number of rotatable bonds is 3. The maximum atomic E-state index is 12.8. The molecule has 88 valence electrons. The number of hydrogen-bond acceptors (Lipinski definition) is 2. The van der Waals surface area contributed by atoms with Crippen LogP contribution in [0, 0.1) is 5.82 Å². The van der Waals surface area contributed by atoms with Gasteiger partial charge in [-0.3, -0.25) is 0 Å². The van der Waals surface area contributed by atoms with Crippen molar-refractivity contribution in [3.8, 4) is 0 Å². The number of halogens is 1. The second-order valence-corrected chi connectivity index (χ2v) is 4.54. The molecule has 1 aromatic carbocycles. The smallest absolute Gasteiger partial charge is 0.123 e. The Labute approximate surface area is 95.5 Å². The van der Waals surface area contributed by atoms with Gasteiger partial charge in [0.2, 0.25) is 0 Å². The highest BCUT2D eigenvalue weighted by atomic mass is 19.1. The van der Waals surface area contributed by atoms with E-state index in [2.05, 4.69) is 5.32 Å². The summed E-state index contributed by atoms with van der Waals surface area (Å²) in [7, 11) is 0. The van der Waals surface area contributed by atoms with Gasteiger partial charge >= 0.3 is 0 Å². The van der Waals surface area contributed by atoms with Crippen LogP contribution >= 0.6 is 0 Å². The largest absolute Gasteiger partial charge is 0.392 e. The van der Waals surface area contributed by atoms with E-state index in [4.69, 9.17) is 0 Å². The molecular formula is C13H18FNO. The summed E-state index contributed by atoms with van der Waals surface area (Å²) in [5.41, 5.74) is 1.06. The molecule has 0 amide bonds. The maximum Gasteiger partial charge on any atom is 0.123 e. The van der Waals surface area contributed by atoms with Crippen LogP contribution in [0.2, 0.25) is 0 Å². The van der Waals surface area contributed by atoms with E-state index in [-0.39, 0.29) is 24.0 Å². The first-order chi connectivity index (χ1) is 7.66. The Hall–Kier alpha value is -0.930. The fourth-order valence-corrected chi connectivity index (χ4v) is 2.30. The van der Waals surface area contributed by atoms with Gasteiger partial charge in [0.1, 0.15) is 5.82 Å². The summed E-state index contributed by atoms with van der Waals surface area (Å²) in [6.07, 6.45) is 2.75. The van der Waals surface area contributed by atoms with Gasteiger partial charge in [0.15, 0.2) is 0 Å². The minimum absolute atomic E-state index is 0.151. The zero-order valence-electron chi connectivity index (χ0n) is 9.49. The fraction of sp³-hybridized carbons (Fsp3) is 0.538. The van der Waals surface area contributed by atoms with E-state index in [1.807, 2.05) is 6.92 Å². The molecule has 1 aliphatic carbocycles. The molecule has 0 aliphatic heterocycles. The van der Waals surface area contributed by atoms with Crippen LogP contribution in [0.5, 0.6) is 0 Å². The number of nitrogens with one attached hydrogen (secondary N) is 1. The molecule has 1 fully saturated rings. The van der Waals surface area contributed by atoms with E-state index in [9.17, 15) is 9.50 Å². The lowest BCUT2D eigenvalue weighted by Crippen LogP contribution is -2.37. The third-order valence-electron chi connectivity index (χ3n) is 3.31. The van der Waals surface area contributed by atoms with Crippen molar-refractivity contribution in [3.63, 3.8) is 0 Å². The zero-order valence-corrected chi connectivity index (χ0v) is 9.49. The zero-order chi connectivity index (χ0) is 11.5. The summed E-state index contributed by atoms with van der Waals surface area (Å²) >= 11 is 0. The van der Waals surface area contributed by atoms with Crippen molar-refractivity contribution in [3.05, 3.63) is 35.6 Å². The lowest BCUT2D eigenvalue weighted by Gasteiger charge is -2.22. The van der Waals surface area contributed by atoms with Crippen molar-refractivity contribution in [2.45, 2.75) is 44.4 Å². The van der Waals surface area contributed by atoms with Gasteiger partial charge in [0.05, 0.1) is 6.10 Å². The van der Waals surface area contributed by atoms with Gasteiger partial charge in [-0.1, -0.05) is 12.1 Å². The van der Waals surface area contributed by atoms with Crippen LogP contribution in [0.3, 0.4) is 0 Å². The highest BCUT2D eigenvalue weighted by Gasteiger charge is 2.26. The van der Waals surface area contributed by atoms with Gasteiger partial charge in [-0.25, -0.2) is 4.39 Å². The van der Waals surface area contributed by atoms with Gasteiger partial charge in [-0.15, -0.1) is 0 Å². The third-order valence-corrected chi connectivity index (χ3v) is 3.31. The normalized spacial score (nSPS) is 26.9. The van der Waals surface area contributed by atoms with Crippen molar-refractivity contribution in [1.29, 1.82) is 0 Å². The van der Waals surface area contributed by atoms with Gasteiger partial charge in [-0.2, -0.15) is 0 Å². The molecule has 3 atom stereocenters. The first-order valence-corrected chi connectivity index (χ1v) is 5.86. The molecule has 0 unspecified atom stereocenters. The molecule has 0 saturated heterocycles. The monoisotopic (exact) mass is 223 g/mol. The molecular weight excluding hydrogens is 205 g/mol. The highest BCUT2D eigenvalue weighted by Crippen LogP contribution is 2.22. The van der Waals surface area contributed by atoms with Crippen molar-refractivity contribution in [2.24, 2.45) is 0 Å². The first-order valence-electron chi connectivity index (χ1n) is 5.86. The highest BCUT2D eigenvalue weighted by molar-refractivity contribution is 5.19. The van der Waals surface area contributed by atoms with E-state index >= 15 is 0 Å². The molecule has 0 heterocycles. The summed E-state index contributed by atoms with van der Waals surface area (Å²) < 4.78 is 12.8. The number of aliphatic hydroxyl groups excluding tert-OH is 1. The second kappa shape index (κ2) is 4.93. The van der Waals surface area contributed by atoms with E-state index in [1.165, 1.54) is 12.1 Å². The first kappa shape index (κ1) is 11.6. The molecule has 0 bridgehead atoms. The lowest BCUT2D eigenvalue weighted by molar-refractivity contribution is 0.144. The molecule has 1 aromatic rings. The van der Waals surface area contributed by atoms with Crippen molar-refractivity contribution in [1.82, 2.24) is 5.32 Å². The molecule has 1 saturated carbocycles. The standard InChI is InChI=1S/C13H18FNO/c1-9(10-5-7-11(14)8-6-10)15-12-3-2-4-13(12)16/h5-9,12-13,15-16H,2-4H2,1H3/t9-,12-,13-/m1/s1. The summed E-state index contributed by atoms with van der Waals surface area (Å²) in [6, 6.07) is 6.85. The third kappa shape index (κ3) is 2.60. The van der Waals surface area contributed by atoms with E-state index in [1.54, 1.807) is 12.1 Å². The predicted molar refractivity (Wildman–Crippen MR) is 61.6 cm³/mol. The predicted octanol–water partition coefficient (Wildman–Crippen LogP) is 2.39. The van der Waals surface area contributed by atoms with Crippen LogP contribution in [0.15, 0.2) is 24.3 Å². The van der Waals surface area contributed by atoms with E-state index < -0.39 is 0 Å². The van der Waals surface area contributed by atoms with Crippen LogP contribution in [0.1, 0.15) is 37.8 Å². The molecule has 2 rings (SSSR count). The van der Waals surface area contributed by atoms with Crippen molar-refractivity contribution < 1.29 is 9.50 Å². The maximum absolute atomic E-state index is 12.8. The average molecular weight is 223 g/mol. The topological polar surface area (TPSA) is 32.3 Å². The Kier molecular flexibility index (Phi) is 3.56. The average Bonchev–Trinajstić information content (AvgIpc) is 2.65. The SMILES string of the molecule is C[C@@H](N[C@@H]1CCC[C@H]1O)c1ccc(F)cc1.